The maximum absolute atomic E-state index is 11.7. The van der Waals surface area contributed by atoms with Gasteiger partial charge in [-0.2, -0.15) is 5.10 Å². The average Bonchev–Trinajstić information content (AvgIpc) is 3.10. The van der Waals surface area contributed by atoms with Gasteiger partial charge in [-0.15, -0.1) is 0 Å². The van der Waals surface area contributed by atoms with Crippen LogP contribution in [0.4, 0.5) is 0 Å². The van der Waals surface area contributed by atoms with Gasteiger partial charge in [0.15, 0.2) is 11.5 Å². The first-order chi connectivity index (χ1) is 15.8. The number of hydrogen-bond acceptors (Lipinski definition) is 7. The summed E-state index contributed by atoms with van der Waals surface area (Å²) in [5, 5.41) is 15.2. The van der Waals surface area contributed by atoms with Crippen molar-refractivity contribution in [3.63, 3.8) is 0 Å². The van der Waals surface area contributed by atoms with Crippen LogP contribution >= 0.6 is 0 Å². The fourth-order valence-electron chi connectivity index (χ4n) is 3.69. The SMILES string of the molecule is COC(=O)c1ccc(OCC(O)CN(C)Cc2c(C)nn(-c3ccccc3)c2C)c(OC)c1. The van der Waals surface area contributed by atoms with Gasteiger partial charge < -0.3 is 19.3 Å². The topological polar surface area (TPSA) is 86.1 Å². The van der Waals surface area contributed by atoms with E-state index >= 15 is 0 Å². The van der Waals surface area contributed by atoms with Crippen molar-refractivity contribution in [2.45, 2.75) is 26.5 Å². The van der Waals surface area contributed by atoms with Gasteiger partial charge in [-0.05, 0) is 51.2 Å². The molecule has 0 saturated carbocycles. The van der Waals surface area contributed by atoms with Gasteiger partial charge in [0.05, 0.1) is 31.2 Å². The second-order valence-corrected chi connectivity index (χ2v) is 7.92. The van der Waals surface area contributed by atoms with Crippen LogP contribution in [0.3, 0.4) is 0 Å². The summed E-state index contributed by atoms with van der Waals surface area (Å²) in [6.07, 6.45) is -0.718. The molecule has 1 unspecified atom stereocenters. The summed E-state index contributed by atoms with van der Waals surface area (Å²) in [5.74, 6) is 0.392. The monoisotopic (exact) mass is 453 g/mol. The average molecular weight is 454 g/mol. The van der Waals surface area contributed by atoms with Crippen molar-refractivity contribution in [2.24, 2.45) is 0 Å². The van der Waals surface area contributed by atoms with E-state index in [2.05, 4.69) is 12.0 Å². The molecule has 0 fully saturated rings. The Morgan fingerprint density at radius 2 is 1.85 bits per heavy atom. The molecule has 0 radical (unpaired) electrons. The number of para-hydroxylation sites is 1. The maximum atomic E-state index is 11.7. The zero-order valence-corrected chi connectivity index (χ0v) is 19.7. The maximum Gasteiger partial charge on any atom is 0.337 e. The molecule has 8 heteroatoms. The molecule has 0 aliphatic rings. The van der Waals surface area contributed by atoms with E-state index in [9.17, 15) is 9.90 Å². The van der Waals surface area contributed by atoms with E-state index in [-0.39, 0.29) is 6.61 Å². The van der Waals surface area contributed by atoms with Crippen LogP contribution in [0, 0.1) is 13.8 Å². The number of aryl methyl sites for hydroxylation is 1. The fourth-order valence-corrected chi connectivity index (χ4v) is 3.69. The first-order valence-corrected chi connectivity index (χ1v) is 10.7. The van der Waals surface area contributed by atoms with E-state index in [4.69, 9.17) is 14.2 Å². The summed E-state index contributed by atoms with van der Waals surface area (Å²) in [6, 6.07) is 14.8. The van der Waals surface area contributed by atoms with Crippen molar-refractivity contribution in [3.8, 4) is 17.2 Å². The van der Waals surface area contributed by atoms with E-state index in [1.807, 2.05) is 53.9 Å². The molecule has 176 valence electrons. The summed E-state index contributed by atoms with van der Waals surface area (Å²) in [6.45, 7) is 5.20. The Morgan fingerprint density at radius 3 is 2.52 bits per heavy atom. The molecule has 1 N–H and O–H groups in total. The fraction of sp³-hybridized carbons (Fsp3) is 0.360. The van der Waals surface area contributed by atoms with Gasteiger partial charge in [0.2, 0.25) is 0 Å². The Morgan fingerprint density at radius 1 is 1.12 bits per heavy atom. The van der Waals surface area contributed by atoms with E-state index in [1.54, 1.807) is 18.2 Å². The van der Waals surface area contributed by atoms with Crippen LogP contribution in [0.2, 0.25) is 0 Å². The Kier molecular flexibility index (Phi) is 8.08. The number of aliphatic hydroxyl groups excluding tert-OH is 1. The molecular weight excluding hydrogens is 422 g/mol. The lowest BCUT2D eigenvalue weighted by Crippen LogP contribution is -2.33. The van der Waals surface area contributed by atoms with Gasteiger partial charge in [-0.3, -0.25) is 4.90 Å². The zero-order chi connectivity index (χ0) is 24.0. The quantitative estimate of drug-likeness (QED) is 0.472. The Labute approximate surface area is 194 Å². The zero-order valence-electron chi connectivity index (χ0n) is 19.7. The predicted octanol–water partition coefficient (Wildman–Crippen LogP) is 3.16. The number of ether oxygens (including phenoxy) is 3. The number of esters is 1. The molecule has 1 atom stereocenters. The lowest BCUT2D eigenvalue weighted by atomic mass is 10.1. The van der Waals surface area contributed by atoms with Crippen LogP contribution in [0.5, 0.6) is 11.5 Å². The molecule has 8 nitrogen and oxygen atoms in total. The van der Waals surface area contributed by atoms with Crippen LogP contribution in [0.1, 0.15) is 27.3 Å². The van der Waals surface area contributed by atoms with Gasteiger partial charge in [-0.1, -0.05) is 18.2 Å². The molecule has 2 aromatic carbocycles. The molecular formula is C25H31N3O5. The van der Waals surface area contributed by atoms with E-state index in [0.29, 0.717) is 30.2 Å². The normalized spacial score (nSPS) is 12.0. The van der Waals surface area contributed by atoms with Crippen LogP contribution in [0.15, 0.2) is 48.5 Å². The van der Waals surface area contributed by atoms with Gasteiger partial charge in [0, 0.05) is 24.3 Å². The number of carbonyl (C=O) groups excluding carboxylic acids is 1. The number of nitrogens with zero attached hydrogens (tertiary/aromatic N) is 3. The molecule has 0 spiro atoms. The van der Waals surface area contributed by atoms with E-state index < -0.39 is 12.1 Å². The molecule has 3 rings (SSSR count). The molecule has 0 amide bonds. The summed E-state index contributed by atoms with van der Waals surface area (Å²) < 4.78 is 17.7. The van der Waals surface area contributed by atoms with Gasteiger partial charge in [0.25, 0.3) is 0 Å². The van der Waals surface area contributed by atoms with E-state index in [1.165, 1.54) is 14.2 Å². The molecule has 0 saturated heterocycles. The molecule has 0 aliphatic heterocycles. The minimum absolute atomic E-state index is 0.0828. The highest BCUT2D eigenvalue weighted by atomic mass is 16.5. The number of aliphatic hydroxyl groups is 1. The van der Waals surface area contributed by atoms with Crippen LogP contribution in [-0.4, -0.2) is 66.3 Å². The summed E-state index contributed by atoms with van der Waals surface area (Å²) in [4.78, 5) is 13.7. The molecule has 0 bridgehead atoms. The van der Waals surface area contributed by atoms with Crippen LogP contribution < -0.4 is 9.47 Å². The number of rotatable bonds is 10. The first-order valence-electron chi connectivity index (χ1n) is 10.7. The van der Waals surface area contributed by atoms with Gasteiger partial charge >= 0.3 is 5.97 Å². The van der Waals surface area contributed by atoms with Gasteiger partial charge in [0.1, 0.15) is 12.7 Å². The standard InChI is InChI=1S/C25H31N3O5/c1-17-22(18(2)28(26-17)20-9-7-6-8-10-20)15-27(3)14-21(29)16-33-23-12-11-19(25(30)32-5)13-24(23)31-4/h6-13,21,29H,14-16H2,1-5H3. The van der Waals surface area contributed by atoms with Crippen molar-refractivity contribution < 1.29 is 24.1 Å². The summed E-state index contributed by atoms with van der Waals surface area (Å²) in [7, 11) is 4.77. The number of benzene rings is 2. The third kappa shape index (κ3) is 5.91. The van der Waals surface area contributed by atoms with Crippen molar-refractivity contribution in [1.29, 1.82) is 0 Å². The minimum Gasteiger partial charge on any atom is -0.493 e. The number of hydrogen-bond donors (Lipinski definition) is 1. The smallest absolute Gasteiger partial charge is 0.337 e. The third-order valence-corrected chi connectivity index (χ3v) is 5.41. The second-order valence-electron chi connectivity index (χ2n) is 7.92. The van der Waals surface area contributed by atoms with Gasteiger partial charge in [-0.25, -0.2) is 9.48 Å². The lowest BCUT2D eigenvalue weighted by molar-refractivity contribution is 0.0599. The number of aromatic nitrogens is 2. The summed E-state index contributed by atoms with van der Waals surface area (Å²) >= 11 is 0. The highest BCUT2D eigenvalue weighted by Crippen LogP contribution is 2.28. The van der Waals surface area contributed by atoms with Crippen molar-refractivity contribution in [1.82, 2.24) is 14.7 Å². The van der Waals surface area contributed by atoms with Crippen LogP contribution in [0.25, 0.3) is 5.69 Å². The third-order valence-electron chi connectivity index (χ3n) is 5.41. The Balaban J connectivity index is 1.59. The van der Waals surface area contributed by atoms with Crippen molar-refractivity contribution in [3.05, 3.63) is 71.0 Å². The van der Waals surface area contributed by atoms with E-state index in [0.717, 1.165) is 22.6 Å². The predicted molar refractivity (Wildman–Crippen MR) is 125 cm³/mol. The number of likely N-dealkylation sites (N-methyl/N-ethyl adjacent to an activating group) is 1. The number of carbonyl (C=O) groups is 1. The minimum atomic E-state index is -0.718. The first kappa shape index (κ1) is 24.3. The number of methoxy groups -OCH3 is 2. The van der Waals surface area contributed by atoms with Crippen molar-refractivity contribution in [2.75, 3.05) is 34.4 Å². The van der Waals surface area contributed by atoms with Crippen molar-refractivity contribution >= 4 is 5.97 Å². The summed E-state index contributed by atoms with van der Waals surface area (Å²) in [5.41, 5.74) is 4.56. The molecule has 33 heavy (non-hydrogen) atoms. The molecule has 1 heterocycles. The Bertz CT molecular complexity index is 1080. The molecule has 1 aromatic heterocycles. The molecule has 0 aliphatic carbocycles. The highest BCUT2D eigenvalue weighted by molar-refractivity contribution is 5.90. The van der Waals surface area contributed by atoms with Crippen LogP contribution in [-0.2, 0) is 11.3 Å². The largest absolute Gasteiger partial charge is 0.493 e. The Hall–Kier alpha value is -3.36. The second kappa shape index (κ2) is 11.0. The highest BCUT2D eigenvalue weighted by Gasteiger charge is 2.17. The molecule has 3 aromatic rings. The lowest BCUT2D eigenvalue weighted by Gasteiger charge is -2.21.